The molecule has 22 heavy (non-hydrogen) atoms. The first-order valence-electron chi connectivity index (χ1n) is 7.82. The summed E-state index contributed by atoms with van der Waals surface area (Å²) in [6.07, 6.45) is 3.24. The van der Waals surface area contributed by atoms with Crippen LogP contribution in [0.5, 0.6) is 0 Å². The standard InChI is InChI=1S/C17H21FN2O2/c1-19-10-7-17(16(19)22)6-3-9-20(11-8-17)15(21)13-4-2-5-14(18)12-13/h2,4-5,12H,3,6-11H2,1H3/t17-/m1/s1. The van der Waals surface area contributed by atoms with E-state index in [-0.39, 0.29) is 17.2 Å². The molecule has 0 radical (unpaired) electrons. The van der Waals surface area contributed by atoms with E-state index in [4.69, 9.17) is 0 Å². The third-order valence-corrected chi connectivity index (χ3v) is 5.03. The minimum atomic E-state index is -0.398. The number of amides is 2. The van der Waals surface area contributed by atoms with Crippen LogP contribution in [0.25, 0.3) is 0 Å². The lowest BCUT2D eigenvalue weighted by Crippen LogP contribution is -2.35. The lowest BCUT2D eigenvalue weighted by molar-refractivity contribution is -0.135. The van der Waals surface area contributed by atoms with E-state index in [2.05, 4.69) is 0 Å². The van der Waals surface area contributed by atoms with Gasteiger partial charge in [0.05, 0.1) is 5.41 Å². The first kappa shape index (κ1) is 15.0. The molecule has 1 aromatic rings. The van der Waals surface area contributed by atoms with Crippen molar-refractivity contribution in [2.45, 2.75) is 25.7 Å². The Morgan fingerprint density at radius 2 is 1.95 bits per heavy atom. The van der Waals surface area contributed by atoms with Gasteiger partial charge in [0.15, 0.2) is 0 Å². The van der Waals surface area contributed by atoms with Crippen molar-refractivity contribution in [2.75, 3.05) is 26.7 Å². The topological polar surface area (TPSA) is 40.6 Å². The molecule has 2 saturated heterocycles. The Morgan fingerprint density at radius 3 is 2.64 bits per heavy atom. The van der Waals surface area contributed by atoms with Crippen molar-refractivity contribution in [1.29, 1.82) is 0 Å². The molecule has 2 heterocycles. The highest BCUT2D eigenvalue weighted by molar-refractivity contribution is 5.94. The largest absolute Gasteiger partial charge is 0.345 e. The second kappa shape index (κ2) is 5.71. The SMILES string of the molecule is CN1CC[C@@]2(CCCN(C(=O)c3cccc(F)c3)CC2)C1=O. The third-order valence-electron chi connectivity index (χ3n) is 5.03. The molecule has 0 aliphatic carbocycles. The first-order valence-corrected chi connectivity index (χ1v) is 7.82. The zero-order valence-corrected chi connectivity index (χ0v) is 12.8. The van der Waals surface area contributed by atoms with Crippen molar-refractivity contribution in [2.24, 2.45) is 5.41 Å². The lowest BCUT2D eigenvalue weighted by Gasteiger charge is -2.25. The summed E-state index contributed by atoms with van der Waals surface area (Å²) in [6, 6.07) is 5.80. The van der Waals surface area contributed by atoms with Crippen molar-refractivity contribution in [3.63, 3.8) is 0 Å². The average molecular weight is 304 g/mol. The van der Waals surface area contributed by atoms with Crippen LogP contribution in [-0.2, 0) is 4.79 Å². The molecule has 0 unspecified atom stereocenters. The molecular formula is C17H21FN2O2. The Kier molecular flexibility index (Phi) is 3.89. The normalized spacial score (nSPS) is 25.6. The molecule has 0 aromatic heterocycles. The highest BCUT2D eigenvalue weighted by Crippen LogP contribution is 2.41. The van der Waals surface area contributed by atoms with Crippen LogP contribution in [0.3, 0.4) is 0 Å². The minimum Gasteiger partial charge on any atom is -0.345 e. The molecule has 3 rings (SSSR count). The van der Waals surface area contributed by atoms with Crippen LogP contribution >= 0.6 is 0 Å². The Labute approximate surface area is 129 Å². The van der Waals surface area contributed by atoms with Gasteiger partial charge in [0.1, 0.15) is 5.82 Å². The summed E-state index contributed by atoms with van der Waals surface area (Å²) in [5.41, 5.74) is 0.0944. The second-order valence-corrected chi connectivity index (χ2v) is 6.41. The number of hydrogen-bond acceptors (Lipinski definition) is 2. The molecule has 2 aliphatic heterocycles. The number of carbonyl (C=O) groups excluding carboxylic acids is 2. The Balaban J connectivity index is 1.73. The zero-order valence-electron chi connectivity index (χ0n) is 12.8. The maximum atomic E-state index is 13.3. The van der Waals surface area contributed by atoms with E-state index in [1.54, 1.807) is 21.9 Å². The van der Waals surface area contributed by atoms with Gasteiger partial charge >= 0.3 is 0 Å². The molecule has 0 N–H and O–H groups in total. The van der Waals surface area contributed by atoms with E-state index >= 15 is 0 Å². The molecule has 0 bridgehead atoms. The van der Waals surface area contributed by atoms with Crippen LogP contribution in [0.4, 0.5) is 4.39 Å². The summed E-state index contributed by atoms with van der Waals surface area (Å²) >= 11 is 0. The number of nitrogens with zero attached hydrogens (tertiary/aromatic N) is 2. The van der Waals surface area contributed by atoms with E-state index in [0.717, 1.165) is 25.8 Å². The van der Waals surface area contributed by atoms with Crippen LogP contribution in [0.15, 0.2) is 24.3 Å². The quantitative estimate of drug-likeness (QED) is 0.799. The van der Waals surface area contributed by atoms with Gasteiger partial charge in [-0.05, 0) is 43.9 Å². The fraction of sp³-hybridized carbons (Fsp3) is 0.529. The molecule has 1 aromatic carbocycles. The summed E-state index contributed by atoms with van der Waals surface area (Å²) in [4.78, 5) is 28.5. The molecule has 118 valence electrons. The molecular weight excluding hydrogens is 283 g/mol. The van der Waals surface area contributed by atoms with Crippen molar-refractivity contribution < 1.29 is 14.0 Å². The number of hydrogen-bond donors (Lipinski definition) is 0. The lowest BCUT2D eigenvalue weighted by atomic mass is 9.79. The Morgan fingerprint density at radius 1 is 1.18 bits per heavy atom. The summed E-state index contributed by atoms with van der Waals surface area (Å²) < 4.78 is 13.3. The summed E-state index contributed by atoms with van der Waals surface area (Å²) in [6.45, 7) is 2.00. The fourth-order valence-electron chi connectivity index (χ4n) is 3.66. The molecule has 1 atom stereocenters. The maximum absolute atomic E-state index is 13.3. The van der Waals surface area contributed by atoms with E-state index in [0.29, 0.717) is 25.1 Å². The molecule has 2 fully saturated rings. The summed E-state index contributed by atoms with van der Waals surface area (Å²) in [5, 5.41) is 0. The van der Waals surface area contributed by atoms with Gasteiger partial charge in [-0.2, -0.15) is 0 Å². The highest BCUT2D eigenvalue weighted by atomic mass is 19.1. The van der Waals surface area contributed by atoms with E-state index in [1.807, 2.05) is 7.05 Å². The number of halogens is 1. The summed E-state index contributed by atoms with van der Waals surface area (Å²) in [5.74, 6) is -0.326. The molecule has 5 heteroatoms. The molecule has 0 saturated carbocycles. The van der Waals surface area contributed by atoms with Crippen molar-refractivity contribution in [3.8, 4) is 0 Å². The first-order chi connectivity index (χ1) is 10.5. The van der Waals surface area contributed by atoms with Crippen molar-refractivity contribution in [3.05, 3.63) is 35.6 Å². The molecule has 4 nitrogen and oxygen atoms in total. The number of rotatable bonds is 1. The van der Waals surface area contributed by atoms with Crippen molar-refractivity contribution >= 4 is 11.8 Å². The molecule has 1 spiro atoms. The highest BCUT2D eigenvalue weighted by Gasteiger charge is 2.45. The van der Waals surface area contributed by atoms with Gasteiger partial charge in [-0.25, -0.2) is 4.39 Å². The van der Waals surface area contributed by atoms with Gasteiger partial charge in [0.2, 0.25) is 5.91 Å². The Hall–Kier alpha value is -1.91. The van der Waals surface area contributed by atoms with Gasteiger partial charge in [-0.15, -0.1) is 0 Å². The van der Waals surface area contributed by atoms with Gasteiger partial charge in [0.25, 0.3) is 5.91 Å². The summed E-state index contributed by atoms with van der Waals surface area (Å²) in [7, 11) is 1.84. The predicted molar refractivity (Wildman–Crippen MR) is 80.8 cm³/mol. The van der Waals surface area contributed by atoms with Gasteiger partial charge < -0.3 is 9.80 Å². The van der Waals surface area contributed by atoms with Crippen LogP contribution in [-0.4, -0.2) is 48.3 Å². The van der Waals surface area contributed by atoms with E-state index in [1.165, 1.54) is 12.1 Å². The minimum absolute atomic E-state index is 0.143. The predicted octanol–water partition coefficient (Wildman–Crippen LogP) is 2.30. The Bertz CT molecular complexity index is 604. The van der Waals surface area contributed by atoms with E-state index < -0.39 is 5.82 Å². The maximum Gasteiger partial charge on any atom is 0.253 e. The molecule has 2 amide bonds. The number of carbonyl (C=O) groups is 2. The van der Waals surface area contributed by atoms with Crippen LogP contribution < -0.4 is 0 Å². The van der Waals surface area contributed by atoms with Gasteiger partial charge in [-0.1, -0.05) is 6.07 Å². The van der Waals surface area contributed by atoms with Crippen molar-refractivity contribution in [1.82, 2.24) is 9.80 Å². The zero-order chi connectivity index (χ0) is 15.7. The molecule has 2 aliphatic rings. The smallest absolute Gasteiger partial charge is 0.253 e. The average Bonchev–Trinajstić information content (AvgIpc) is 2.70. The van der Waals surface area contributed by atoms with E-state index in [9.17, 15) is 14.0 Å². The van der Waals surface area contributed by atoms with Gasteiger partial charge in [-0.3, -0.25) is 9.59 Å². The number of likely N-dealkylation sites (tertiary alicyclic amines) is 2. The third kappa shape index (κ3) is 2.60. The second-order valence-electron chi connectivity index (χ2n) is 6.41. The monoisotopic (exact) mass is 304 g/mol. The van der Waals surface area contributed by atoms with Crippen LogP contribution in [0.1, 0.15) is 36.0 Å². The van der Waals surface area contributed by atoms with Crippen LogP contribution in [0, 0.1) is 11.2 Å². The fourth-order valence-corrected chi connectivity index (χ4v) is 3.66. The van der Waals surface area contributed by atoms with Gasteiger partial charge in [0, 0.05) is 32.2 Å². The number of benzene rings is 1. The van der Waals surface area contributed by atoms with Crippen LogP contribution in [0.2, 0.25) is 0 Å².